The van der Waals surface area contributed by atoms with Gasteiger partial charge in [-0.2, -0.15) is 0 Å². The number of benzene rings is 1. The number of hydrogen-bond acceptors (Lipinski definition) is 4. The highest BCUT2D eigenvalue weighted by atomic mass is 79.9. The molecule has 0 amide bonds. The molecule has 4 N–H and O–H groups in total. The standard InChI is InChI=1S/C8H11BrN2O2/c1-2-13-7-4-5(11-10)3-6(9)8(7)12/h3-4,11-12H,2,10H2,1H3. The molecule has 0 aromatic heterocycles. The van der Waals surface area contributed by atoms with Crippen molar-refractivity contribution >= 4 is 21.6 Å². The Kier molecular flexibility index (Phi) is 3.39. The summed E-state index contributed by atoms with van der Waals surface area (Å²) < 4.78 is 5.73. The molecule has 0 bridgehead atoms. The largest absolute Gasteiger partial charge is 0.503 e. The second-order valence-electron chi connectivity index (χ2n) is 2.38. The van der Waals surface area contributed by atoms with Gasteiger partial charge in [-0.1, -0.05) is 0 Å². The second kappa shape index (κ2) is 4.34. The van der Waals surface area contributed by atoms with E-state index in [0.29, 0.717) is 22.5 Å². The van der Waals surface area contributed by atoms with Crippen molar-refractivity contribution in [2.75, 3.05) is 12.0 Å². The van der Waals surface area contributed by atoms with Gasteiger partial charge < -0.3 is 15.3 Å². The lowest BCUT2D eigenvalue weighted by molar-refractivity contribution is 0.317. The Morgan fingerprint density at radius 1 is 1.62 bits per heavy atom. The predicted molar refractivity (Wildman–Crippen MR) is 54.8 cm³/mol. The molecule has 13 heavy (non-hydrogen) atoms. The molecule has 0 saturated heterocycles. The van der Waals surface area contributed by atoms with Crippen molar-refractivity contribution in [3.05, 3.63) is 16.6 Å². The Hall–Kier alpha value is -0.940. The first-order chi connectivity index (χ1) is 6.19. The van der Waals surface area contributed by atoms with Crippen LogP contribution in [0.3, 0.4) is 0 Å². The third-order valence-corrected chi connectivity index (χ3v) is 2.10. The average molecular weight is 247 g/mol. The van der Waals surface area contributed by atoms with Crippen molar-refractivity contribution in [1.82, 2.24) is 0 Å². The highest BCUT2D eigenvalue weighted by Crippen LogP contribution is 2.36. The molecule has 1 aromatic carbocycles. The quantitative estimate of drug-likeness (QED) is 0.433. The summed E-state index contributed by atoms with van der Waals surface area (Å²) in [5.41, 5.74) is 3.15. The molecule has 0 heterocycles. The van der Waals surface area contributed by atoms with Crippen LogP contribution in [0.5, 0.6) is 11.5 Å². The molecule has 1 rings (SSSR count). The smallest absolute Gasteiger partial charge is 0.172 e. The molecule has 0 saturated carbocycles. The lowest BCUT2D eigenvalue weighted by Crippen LogP contribution is -2.07. The minimum atomic E-state index is 0.0841. The van der Waals surface area contributed by atoms with Gasteiger partial charge in [-0.15, -0.1) is 0 Å². The summed E-state index contributed by atoms with van der Waals surface area (Å²) >= 11 is 3.18. The van der Waals surface area contributed by atoms with Crippen LogP contribution in [-0.2, 0) is 0 Å². The van der Waals surface area contributed by atoms with E-state index >= 15 is 0 Å². The van der Waals surface area contributed by atoms with Gasteiger partial charge in [0.1, 0.15) is 0 Å². The summed E-state index contributed by atoms with van der Waals surface area (Å²) in [7, 11) is 0. The summed E-state index contributed by atoms with van der Waals surface area (Å²) in [6.45, 7) is 2.34. The molecule has 5 heteroatoms. The summed E-state index contributed by atoms with van der Waals surface area (Å²) in [6.07, 6.45) is 0. The Morgan fingerprint density at radius 2 is 2.31 bits per heavy atom. The number of phenols is 1. The molecule has 0 aliphatic rings. The average Bonchev–Trinajstić information content (AvgIpc) is 2.13. The van der Waals surface area contributed by atoms with E-state index in [2.05, 4.69) is 21.4 Å². The highest BCUT2D eigenvalue weighted by Gasteiger charge is 2.07. The van der Waals surface area contributed by atoms with Gasteiger partial charge in [0.15, 0.2) is 11.5 Å². The van der Waals surface area contributed by atoms with Crippen molar-refractivity contribution in [2.45, 2.75) is 6.92 Å². The fraction of sp³-hybridized carbons (Fsp3) is 0.250. The molecule has 0 radical (unpaired) electrons. The van der Waals surface area contributed by atoms with Gasteiger partial charge >= 0.3 is 0 Å². The summed E-state index contributed by atoms with van der Waals surface area (Å²) in [5.74, 6) is 5.72. The van der Waals surface area contributed by atoms with Crippen molar-refractivity contribution in [3.8, 4) is 11.5 Å². The van der Waals surface area contributed by atoms with Crippen LogP contribution in [0.4, 0.5) is 5.69 Å². The third kappa shape index (κ3) is 2.26. The number of phenolic OH excluding ortho intramolecular Hbond substituents is 1. The molecule has 72 valence electrons. The normalized spacial score (nSPS) is 9.77. The van der Waals surface area contributed by atoms with Crippen LogP contribution in [0.25, 0.3) is 0 Å². The second-order valence-corrected chi connectivity index (χ2v) is 3.24. The maximum atomic E-state index is 9.51. The number of nitrogens with one attached hydrogen (secondary N) is 1. The van der Waals surface area contributed by atoms with Crippen LogP contribution in [0.15, 0.2) is 16.6 Å². The summed E-state index contributed by atoms with van der Waals surface area (Å²) in [6, 6.07) is 3.29. The molecule has 0 fully saturated rings. The van der Waals surface area contributed by atoms with Gasteiger partial charge in [0.2, 0.25) is 0 Å². The summed E-state index contributed by atoms with van der Waals surface area (Å²) in [4.78, 5) is 0. The highest BCUT2D eigenvalue weighted by molar-refractivity contribution is 9.10. The number of aromatic hydroxyl groups is 1. The fourth-order valence-corrected chi connectivity index (χ4v) is 1.36. The van der Waals surface area contributed by atoms with Crippen LogP contribution in [0.2, 0.25) is 0 Å². The SMILES string of the molecule is CCOc1cc(NN)cc(Br)c1O. The maximum Gasteiger partial charge on any atom is 0.172 e. The van der Waals surface area contributed by atoms with Crippen LogP contribution in [0.1, 0.15) is 6.92 Å². The first-order valence-corrected chi connectivity index (χ1v) is 4.60. The zero-order chi connectivity index (χ0) is 9.84. The predicted octanol–water partition coefficient (Wildman–Crippen LogP) is 1.84. The van der Waals surface area contributed by atoms with E-state index in [0.717, 1.165) is 0 Å². The monoisotopic (exact) mass is 246 g/mol. The zero-order valence-electron chi connectivity index (χ0n) is 7.17. The summed E-state index contributed by atoms with van der Waals surface area (Å²) in [5, 5.41) is 9.51. The van der Waals surface area contributed by atoms with Crippen LogP contribution >= 0.6 is 15.9 Å². The number of nitrogen functional groups attached to an aromatic ring is 1. The number of hydrazine groups is 1. The van der Waals surface area contributed by atoms with Crippen molar-refractivity contribution in [1.29, 1.82) is 0 Å². The van der Waals surface area contributed by atoms with Crippen LogP contribution in [-0.4, -0.2) is 11.7 Å². The Labute approximate surface area is 84.8 Å². The first-order valence-electron chi connectivity index (χ1n) is 3.81. The molecule has 0 aliphatic heterocycles. The molecule has 0 aliphatic carbocycles. The van der Waals surface area contributed by atoms with E-state index in [1.807, 2.05) is 6.92 Å². The molecular weight excluding hydrogens is 236 g/mol. The van der Waals surface area contributed by atoms with Gasteiger partial charge in [0, 0.05) is 6.07 Å². The number of anilines is 1. The number of hydrogen-bond donors (Lipinski definition) is 3. The van der Waals surface area contributed by atoms with Gasteiger partial charge in [-0.05, 0) is 28.9 Å². The lowest BCUT2D eigenvalue weighted by atomic mass is 10.3. The van der Waals surface area contributed by atoms with E-state index < -0.39 is 0 Å². The minimum Gasteiger partial charge on any atom is -0.503 e. The Morgan fingerprint density at radius 3 is 2.85 bits per heavy atom. The van der Waals surface area contributed by atoms with E-state index in [-0.39, 0.29) is 5.75 Å². The molecule has 0 atom stereocenters. The Bertz CT molecular complexity index is 304. The van der Waals surface area contributed by atoms with Gasteiger partial charge in [-0.3, -0.25) is 5.84 Å². The minimum absolute atomic E-state index is 0.0841. The number of halogens is 1. The maximum absolute atomic E-state index is 9.51. The first kappa shape index (κ1) is 10.1. The molecule has 0 spiro atoms. The molecular formula is C8H11BrN2O2. The van der Waals surface area contributed by atoms with E-state index in [4.69, 9.17) is 10.6 Å². The lowest BCUT2D eigenvalue weighted by Gasteiger charge is -2.09. The van der Waals surface area contributed by atoms with Crippen molar-refractivity contribution in [2.24, 2.45) is 5.84 Å². The Balaban J connectivity index is 3.09. The third-order valence-electron chi connectivity index (χ3n) is 1.49. The van der Waals surface area contributed by atoms with Crippen molar-refractivity contribution in [3.63, 3.8) is 0 Å². The van der Waals surface area contributed by atoms with Crippen molar-refractivity contribution < 1.29 is 9.84 Å². The molecule has 1 aromatic rings. The topological polar surface area (TPSA) is 67.5 Å². The molecule has 4 nitrogen and oxygen atoms in total. The van der Waals surface area contributed by atoms with Gasteiger partial charge in [0.25, 0.3) is 0 Å². The number of ether oxygens (including phenoxy) is 1. The van der Waals surface area contributed by atoms with Gasteiger partial charge in [0.05, 0.1) is 16.8 Å². The van der Waals surface area contributed by atoms with Crippen LogP contribution in [0, 0.1) is 0 Å². The van der Waals surface area contributed by atoms with E-state index in [1.165, 1.54) is 0 Å². The van der Waals surface area contributed by atoms with Gasteiger partial charge in [-0.25, -0.2) is 0 Å². The number of nitrogens with two attached hydrogens (primary N) is 1. The zero-order valence-corrected chi connectivity index (χ0v) is 8.76. The fourth-order valence-electron chi connectivity index (χ4n) is 0.923. The van der Waals surface area contributed by atoms with Crippen LogP contribution < -0.4 is 16.0 Å². The van der Waals surface area contributed by atoms with E-state index in [1.54, 1.807) is 12.1 Å². The van der Waals surface area contributed by atoms with E-state index in [9.17, 15) is 5.11 Å². The molecule has 0 unspecified atom stereocenters. The number of rotatable bonds is 3.